The maximum atomic E-state index is 13.1. The molecule has 7 heteroatoms. The number of hydrogen-bond donors (Lipinski definition) is 2. The fraction of sp³-hybridized carbons (Fsp3) is 0.400. The molecule has 0 aliphatic carbocycles. The fourth-order valence-electron chi connectivity index (χ4n) is 1.83. The van der Waals surface area contributed by atoms with E-state index in [9.17, 15) is 18.4 Å². The van der Waals surface area contributed by atoms with Crippen LogP contribution in [0.15, 0.2) is 18.2 Å². The zero-order valence-corrected chi connectivity index (χ0v) is 12.3. The minimum atomic E-state index is -1.14. The van der Waals surface area contributed by atoms with E-state index in [2.05, 4.69) is 10.6 Å². The Morgan fingerprint density at radius 3 is 2.50 bits per heavy atom. The molecule has 0 saturated heterocycles. The molecule has 0 fully saturated rings. The minimum absolute atomic E-state index is 0.0826. The van der Waals surface area contributed by atoms with Crippen LogP contribution in [0, 0.1) is 28.9 Å². The van der Waals surface area contributed by atoms with Gasteiger partial charge in [0, 0.05) is 5.56 Å². The van der Waals surface area contributed by atoms with E-state index in [0.29, 0.717) is 6.42 Å². The number of nitrogens with one attached hydrogen (secondary N) is 2. The second kappa shape index (κ2) is 8.08. The SMILES string of the molecule is CC(C)C[C@H](NC(=O)c1ccc(F)c(F)c1)C(=O)NCC#N. The molecule has 5 nitrogen and oxygen atoms in total. The van der Waals surface area contributed by atoms with Crippen LogP contribution in [0.25, 0.3) is 0 Å². The summed E-state index contributed by atoms with van der Waals surface area (Å²) in [7, 11) is 0. The van der Waals surface area contributed by atoms with Crippen molar-refractivity contribution in [2.45, 2.75) is 26.3 Å². The van der Waals surface area contributed by atoms with Crippen molar-refractivity contribution in [3.8, 4) is 6.07 Å². The van der Waals surface area contributed by atoms with Gasteiger partial charge in [-0.25, -0.2) is 8.78 Å². The van der Waals surface area contributed by atoms with Gasteiger partial charge in [-0.1, -0.05) is 13.8 Å². The van der Waals surface area contributed by atoms with Crippen LogP contribution in [-0.2, 0) is 4.79 Å². The topological polar surface area (TPSA) is 82.0 Å². The summed E-state index contributed by atoms with van der Waals surface area (Å²) in [4.78, 5) is 23.9. The summed E-state index contributed by atoms with van der Waals surface area (Å²) in [5, 5.41) is 13.3. The Hall–Kier alpha value is -2.49. The Kier molecular flexibility index (Phi) is 6.45. The average molecular weight is 309 g/mol. The molecular formula is C15H17F2N3O2. The first-order valence-electron chi connectivity index (χ1n) is 6.75. The smallest absolute Gasteiger partial charge is 0.252 e. The first-order valence-corrected chi connectivity index (χ1v) is 6.75. The van der Waals surface area contributed by atoms with Gasteiger partial charge < -0.3 is 10.6 Å². The van der Waals surface area contributed by atoms with Crippen molar-refractivity contribution in [1.29, 1.82) is 5.26 Å². The van der Waals surface area contributed by atoms with Crippen LogP contribution in [0.3, 0.4) is 0 Å². The van der Waals surface area contributed by atoms with Crippen molar-refractivity contribution < 1.29 is 18.4 Å². The van der Waals surface area contributed by atoms with Crippen LogP contribution < -0.4 is 10.6 Å². The summed E-state index contributed by atoms with van der Waals surface area (Å²) in [6.45, 7) is 3.57. The highest BCUT2D eigenvalue weighted by Crippen LogP contribution is 2.10. The molecule has 1 aromatic carbocycles. The van der Waals surface area contributed by atoms with Crippen LogP contribution in [-0.4, -0.2) is 24.4 Å². The molecule has 0 spiro atoms. The quantitative estimate of drug-likeness (QED) is 0.785. The van der Waals surface area contributed by atoms with Gasteiger partial charge in [0.1, 0.15) is 12.6 Å². The van der Waals surface area contributed by atoms with E-state index >= 15 is 0 Å². The highest BCUT2D eigenvalue weighted by atomic mass is 19.2. The molecule has 1 rings (SSSR count). The summed E-state index contributed by atoms with van der Waals surface area (Å²) < 4.78 is 26.0. The van der Waals surface area contributed by atoms with Gasteiger partial charge >= 0.3 is 0 Å². The molecule has 0 aliphatic heterocycles. The minimum Gasteiger partial charge on any atom is -0.341 e. The molecule has 0 saturated carbocycles. The molecule has 0 aliphatic rings. The summed E-state index contributed by atoms with van der Waals surface area (Å²) in [5.41, 5.74) is -0.0826. The molecule has 1 aromatic rings. The zero-order chi connectivity index (χ0) is 16.7. The van der Waals surface area contributed by atoms with E-state index in [1.807, 2.05) is 13.8 Å². The number of rotatable bonds is 6. The van der Waals surface area contributed by atoms with Crippen LogP contribution in [0.4, 0.5) is 8.78 Å². The van der Waals surface area contributed by atoms with Crippen molar-refractivity contribution in [2.75, 3.05) is 6.54 Å². The van der Waals surface area contributed by atoms with Crippen LogP contribution in [0.2, 0.25) is 0 Å². The van der Waals surface area contributed by atoms with Gasteiger partial charge in [0.25, 0.3) is 5.91 Å². The van der Waals surface area contributed by atoms with Crippen molar-refractivity contribution in [2.24, 2.45) is 5.92 Å². The van der Waals surface area contributed by atoms with E-state index in [-0.39, 0.29) is 18.0 Å². The molecule has 0 radical (unpaired) electrons. The second-order valence-corrected chi connectivity index (χ2v) is 5.16. The summed E-state index contributed by atoms with van der Waals surface area (Å²) in [6, 6.07) is 3.66. The molecule has 0 unspecified atom stereocenters. The molecule has 0 bridgehead atoms. The number of hydrogen-bond acceptors (Lipinski definition) is 3. The summed E-state index contributed by atoms with van der Waals surface area (Å²) in [5.74, 6) is -3.25. The summed E-state index contributed by atoms with van der Waals surface area (Å²) in [6.07, 6.45) is 0.354. The van der Waals surface area contributed by atoms with Gasteiger partial charge in [0.2, 0.25) is 5.91 Å². The lowest BCUT2D eigenvalue weighted by Gasteiger charge is -2.19. The van der Waals surface area contributed by atoms with Gasteiger partial charge in [-0.2, -0.15) is 5.26 Å². The lowest BCUT2D eigenvalue weighted by atomic mass is 10.0. The maximum Gasteiger partial charge on any atom is 0.252 e. The Labute approximate surface area is 127 Å². The number of carbonyl (C=O) groups is 2. The third-order valence-electron chi connectivity index (χ3n) is 2.85. The van der Waals surface area contributed by atoms with E-state index in [1.54, 1.807) is 6.07 Å². The molecular weight excluding hydrogens is 292 g/mol. The number of nitrogens with zero attached hydrogens (tertiary/aromatic N) is 1. The third-order valence-corrected chi connectivity index (χ3v) is 2.85. The number of benzene rings is 1. The van der Waals surface area contributed by atoms with Crippen LogP contribution in [0.5, 0.6) is 0 Å². The first-order chi connectivity index (χ1) is 10.3. The highest BCUT2D eigenvalue weighted by molar-refractivity contribution is 5.97. The molecule has 118 valence electrons. The molecule has 22 heavy (non-hydrogen) atoms. The van der Waals surface area contributed by atoms with E-state index in [4.69, 9.17) is 5.26 Å². The lowest BCUT2D eigenvalue weighted by Crippen LogP contribution is -2.47. The number of carbonyl (C=O) groups excluding carboxylic acids is 2. The molecule has 2 amide bonds. The zero-order valence-electron chi connectivity index (χ0n) is 12.3. The Morgan fingerprint density at radius 2 is 1.95 bits per heavy atom. The second-order valence-electron chi connectivity index (χ2n) is 5.16. The van der Waals surface area contributed by atoms with Gasteiger partial charge in [-0.3, -0.25) is 9.59 Å². The van der Waals surface area contributed by atoms with E-state index in [1.165, 1.54) is 0 Å². The van der Waals surface area contributed by atoms with Crippen molar-refractivity contribution in [3.05, 3.63) is 35.4 Å². The van der Waals surface area contributed by atoms with Gasteiger partial charge in [0.15, 0.2) is 11.6 Å². The molecule has 1 atom stereocenters. The molecule has 0 aromatic heterocycles. The average Bonchev–Trinajstić information content (AvgIpc) is 2.46. The molecule has 0 heterocycles. The van der Waals surface area contributed by atoms with Gasteiger partial charge in [-0.05, 0) is 30.5 Å². The van der Waals surface area contributed by atoms with Crippen molar-refractivity contribution >= 4 is 11.8 Å². The van der Waals surface area contributed by atoms with Crippen molar-refractivity contribution in [3.63, 3.8) is 0 Å². The predicted octanol–water partition coefficient (Wildman–Crippen LogP) is 1.75. The first kappa shape index (κ1) is 17.6. The van der Waals surface area contributed by atoms with Gasteiger partial charge in [-0.15, -0.1) is 0 Å². The largest absolute Gasteiger partial charge is 0.341 e. The normalized spacial score (nSPS) is 11.6. The van der Waals surface area contributed by atoms with Crippen molar-refractivity contribution in [1.82, 2.24) is 10.6 Å². The van der Waals surface area contributed by atoms with Crippen LogP contribution >= 0.6 is 0 Å². The third kappa shape index (κ3) is 5.13. The monoisotopic (exact) mass is 309 g/mol. The Balaban J connectivity index is 2.83. The standard InChI is InChI=1S/C15H17F2N3O2/c1-9(2)7-13(15(22)19-6-5-18)20-14(21)10-3-4-11(16)12(17)8-10/h3-4,8-9,13H,6-7H2,1-2H3,(H,19,22)(H,20,21)/t13-/m0/s1. The predicted molar refractivity (Wildman–Crippen MR) is 75.7 cm³/mol. The number of amides is 2. The Morgan fingerprint density at radius 1 is 1.27 bits per heavy atom. The van der Waals surface area contributed by atoms with Crippen LogP contribution in [0.1, 0.15) is 30.6 Å². The maximum absolute atomic E-state index is 13.1. The lowest BCUT2D eigenvalue weighted by molar-refractivity contribution is -0.123. The fourth-order valence-corrected chi connectivity index (χ4v) is 1.83. The van der Waals surface area contributed by atoms with Gasteiger partial charge in [0.05, 0.1) is 6.07 Å². The Bertz CT molecular complexity index is 597. The number of nitriles is 1. The summed E-state index contributed by atoms with van der Waals surface area (Å²) >= 11 is 0. The highest BCUT2D eigenvalue weighted by Gasteiger charge is 2.22. The molecule has 2 N–H and O–H groups in total. The number of halogens is 2. The van der Waals surface area contributed by atoms with E-state index < -0.39 is 29.5 Å². The van der Waals surface area contributed by atoms with E-state index in [0.717, 1.165) is 18.2 Å².